The van der Waals surface area contributed by atoms with E-state index in [2.05, 4.69) is 16.8 Å². The lowest BCUT2D eigenvalue weighted by Crippen LogP contribution is -2.47. The second kappa shape index (κ2) is 21.6. The van der Waals surface area contributed by atoms with Gasteiger partial charge in [-0.15, -0.1) is 0 Å². The molecule has 9 heteroatoms. The molecule has 35 heavy (non-hydrogen) atoms. The van der Waals surface area contributed by atoms with Crippen LogP contribution in [-0.2, 0) is 13.9 Å². The van der Waals surface area contributed by atoms with E-state index in [4.69, 9.17) is 4.89 Å². The molecule has 0 aliphatic heterocycles. The molecule has 0 bridgehead atoms. The third kappa shape index (κ3) is 26.4. The van der Waals surface area contributed by atoms with E-state index in [1.165, 1.54) is 83.5 Å². The van der Waals surface area contributed by atoms with Crippen molar-refractivity contribution in [3.63, 3.8) is 0 Å². The molecule has 3 N–H and O–H groups in total. The number of quaternary nitrogens is 1. The van der Waals surface area contributed by atoms with Crippen LogP contribution in [0.15, 0.2) is 0 Å². The van der Waals surface area contributed by atoms with Gasteiger partial charge in [0.1, 0.15) is 12.6 Å². The number of carbonyl (C=O) groups excluding carboxylic acids is 1. The van der Waals surface area contributed by atoms with Crippen molar-refractivity contribution in [2.45, 2.75) is 122 Å². The Morgan fingerprint density at radius 3 is 1.80 bits per heavy atom. The Kier molecular flexibility index (Phi) is 21.3. The standard InChI is InChI=1S/C26H55N2O6P/c1-4-5-6-7-8-9-10-11-12-13-14-15-16-17-18-20-26(30)27-21-19-22-28(2,3)23-25(29)24-34-35(31,32)33/h25,29H,4-24H2,1-3H3,(H2-,27,30,31,32,33). The summed E-state index contributed by atoms with van der Waals surface area (Å²) in [5.74, 6) is 0.0904. The highest BCUT2D eigenvalue weighted by Gasteiger charge is 2.21. The van der Waals surface area contributed by atoms with Crippen LogP contribution in [0.5, 0.6) is 0 Å². The van der Waals surface area contributed by atoms with Gasteiger partial charge in [-0.3, -0.25) is 9.36 Å². The molecule has 210 valence electrons. The van der Waals surface area contributed by atoms with E-state index in [1.807, 2.05) is 14.1 Å². The maximum atomic E-state index is 12.0. The van der Waals surface area contributed by atoms with Crippen LogP contribution in [-0.4, -0.2) is 66.8 Å². The van der Waals surface area contributed by atoms with Gasteiger partial charge < -0.3 is 29.2 Å². The van der Waals surface area contributed by atoms with Gasteiger partial charge >= 0.3 is 0 Å². The molecule has 0 spiro atoms. The van der Waals surface area contributed by atoms with Crippen molar-refractivity contribution in [3.8, 4) is 0 Å². The Balaban J connectivity index is 3.51. The summed E-state index contributed by atoms with van der Waals surface area (Å²) >= 11 is 0. The van der Waals surface area contributed by atoms with Gasteiger partial charge in [-0.2, -0.15) is 0 Å². The Morgan fingerprint density at radius 2 is 1.34 bits per heavy atom. The van der Waals surface area contributed by atoms with Crippen LogP contribution in [0.25, 0.3) is 0 Å². The number of likely N-dealkylation sites (N-methyl/N-ethyl adjacent to an activating group) is 1. The number of rotatable bonds is 25. The normalized spacial score (nSPS) is 14.6. The van der Waals surface area contributed by atoms with Gasteiger partial charge in [0.15, 0.2) is 0 Å². The summed E-state index contributed by atoms with van der Waals surface area (Å²) < 4.78 is 15.3. The molecule has 1 amide bonds. The molecule has 0 aliphatic carbocycles. The molecule has 8 nitrogen and oxygen atoms in total. The fraction of sp³-hybridized carbons (Fsp3) is 0.962. The quantitative estimate of drug-likeness (QED) is 0.0911. The predicted molar refractivity (Wildman–Crippen MR) is 141 cm³/mol. The van der Waals surface area contributed by atoms with E-state index in [1.54, 1.807) is 0 Å². The topological polar surface area (TPSA) is 119 Å². The number of hydrogen-bond acceptors (Lipinski definition) is 5. The first-order chi connectivity index (χ1) is 16.6. The summed E-state index contributed by atoms with van der Waals surface area (Å²) in [6, 6.07) is 0. The zero-order chi connectivity index (χ0) is 26.4. The molecule has 2 atom stereocenters. The van der Waals surface area contributed by atoms with Crippen molar-refractivity contribution in [2.75, 3.05) is 40.3 Å². The number of aliphatic hydroxyl groups is 1. The second-order valence-electron chi connectivity index (χ2n) is 10.7. The monoisotopic (exact) mass is 522 g/mol. The van der Waals surface area contributed by atoms with Crippen molar-refractivity contribution < 1.29 is 33.3 Å². The fourth-order valence-corrected chi connectivity index (χ4v) is 4.74. The van der Waals surface area contributed by atoms with Crippen molar-refractivity contribution in [1.82, 2.24) is 5.32 Å². The lowest BCUT2D eigenvalue weighted by Gasteiger charge is -2.32. The zero-order valence-electron chi connectivity index (χ0n) is 22.8. The molecule has 0 aromatic heterocycles. The highest BCUT2D eigenvalue weighted by molar-refractivity contribution is 7.44. The third-order valence-corrected chi connectivity index (χ3v) is 6.88. The number of nitrogens with zero attached hydrogens (tertiary/aromatic N) is 1. The van der Waals surface area contributed by atoms with Gasteiger partial charge in [0.05, 0.1) is 27.2 Å². The summed E-state index contributed by atoms with van der Waals surface area (Å²) in [6.45, 7) is 3.38. The Morgan fingerprint density at radius 1 is 0.886 bits per heavy atom. The molecular weight excluding hydrogens is 467 g/mol. The third-order valence-electron chi connectivity index (χ3n) is 6.40. The molecule has 0 aromatic rings. The number of hydrogen-bond donors (Lipinski definition) is 3. The minimum Gasteiger partial charge on any atom is -0.756 e. The summed E-state index contributed by atoms with van der Waals surface area (Å²) in [5.41, 5.74) is 0. The van der Waals surface area contributed by atoms with Crippen LogP contribution in [0, 0.1) is 0 Å². The van der Waals surface area contributed by atoms with Gasteiger partial charge in [-0.1, -0.05) is 96.8 Å². The second-order valence-corrected chi connectivity index (χ2v) is 11.9. The number of phosphoric acid groups is 1. The van der Waals surface area contributed by atoms with Gasteiger partial charge in [-0.05, 0) is 6.42 Å². The first-order valence-electron chi connectivity index (χ1n) is 14.0. The van der Waals surface area contributed by atoms with Crippen LogP contribution in [0.4, 0.5) is 0 Å². The summed E-state index contributed by atoms with van der Waals surface area (Å²) in [4.78, 5) is 31.2. The van der Waals surface area contributed by atoms with E-state index in [0.29, 0.717) is 24.0 Å². The van der Waals surface area contributed by atoms with Gasteiger partial charge in [0, 0.05) is 19.4 Å². The first-order valence-corrected chi connectivity index (χ1v) is 15.5. The average molecular weight is 523 g/mol. The Bertz CT molecular complexity index is 556. The number of phosphoric ester groups is 1. The minimum absolute atomic E-state index is 0.0904. The van der Waals surface area contributed by atoms with Gasteiger partial charge in [0.2, 0.25) is 5.91 Å². The van der Waals surface area contributed by atoms with Crippen molar-refractivity contribution in [3.05, 3.63) is 0 Å². The maximum absolute atomic E-state index is 12.0. The molecule has 0 rings (SSSR count). The fourth-order valence-electron chi connectivity index (χ4n) is 4.37. The highest BCUT2D eigenvalue weighted by atomic mass is 31.2. The van der Waals surface area contributed by atoms with Crippen LogP contribution in [0.3, 0.4) is 0 Å². The van der Waals surface area contributed by atoms with E-state index < -0.39 is 20.5 Å². The Hall–Kier alpha value is -0.500. The summed E-state index contributed by atoms with van der Waals surface area (Å²) in [7, 11) is -0.989. The van der Waals surface area contributed by atoms with Crippen molar-refractivity contribution in [2.24, 2.45) is 0 Å². The van der Waals surface area contributed by atoms with Crippen LogP contribution in [0.2, 0.25) is 0 Å². The van der Waals surface area contributed by atoms with Crippen LogP contribution < -0.4 is 10.2 Å². The molecule has 0 saturated heterocycles. The number of carbonyl (C=O) groups is 1. The lowest BCUT2D eigenvalue weighted by atomic mass is 10.0. The van der Waals surface area contributed by atoms with E-state index in [0.717, 1.165) is 19.3 Å². The van der Waals surface area contributed by atoms with E-state index >= 15 is 0 Å². The summed E-state index contributed by atoms with van der Waals surface area (Å²) in [5, 5.41) is 12.8. The molecule has 0 fully saturated rings. The van der Waals surface area contributed by atoms with Gasteiger partial charge in [0.25, 0.3) is 7.82 Å². The maximum Gasteiger partial charge on any atom is 0.265 e. The minimum atomic E-state index is -4.81. The molecular formula is C26H55N2O6P. The van der Waals surface area contributed by atoms with E-state index in [-0.39, 0.29) is 12.5 Å². The van der Waals surface area contributed by atoms with Crippen LogP contribution in [0.1, 0.15) is 116 Å². The predicted octanol–water partition coefficient (Wildman–Crippen LogP) is 4.67. The Labute approximate surface area is 215 Å². The number of nitrogens with one attached hydrogen (secondary N) is 1. The number of unbranched alkanes of at least 4 members (excludes halogenated alkanes) is 14. The smallest absolute Gasteiger partial charge is 0.265 e. The lowest BCUT2D eigenvalue weighted by molar-refractivity contribution is -0.893. The SMILES string of the molecule is CCCCCCCCCCCCCCCCCC(=O)NCCC[N+](C)(C)CC(O)COP(=O)([O-])O. The highest BCUT2D eigenvalue weighted by Crippen LogP contribution is 2.30. The van der Waals surface area contributed by atoms with Gasteiger partial charge in [-0.25, -0.2) is 0 Å². The zero-order valence-corrected chi connectivity index (χ0v) is 23.7. The summed E-state index contributed by atoms with van der Waals surface area (Å²) in [6.07, 6.45) is 20.0. The molecule has 2 unspecified atom stereocenters. The molecule has 0 saturated carbocycles. The molecule has 0 aliphatic rings. The number of amides is 1. The first kappa shape index (κ1) is 34.5. The van der Waals surface area contributed by atoms with Crippen molar-refractivity contribution >= 4 is 13.7 Å². The van der Waals surface area contributed by atoms with E-state index in [9.17, 15) is 19.4 Å². The van der Waals surface area contributed by atoms with Crippen LogP contribution >= 0.6 is 7.82 Å². The average Bonchev–Trinajstić information content (AvgIpc) is 2.77. The molecule has 0 heterocycles. The molecule has 0 aromatic carbocycles. The van der Waals surface area contributed by atoms with Crippen molar-refractivity contribution in [1.29, 1.82) is 0 Å². The molecule has 0 radical (unpaired) electrons. The largest absolute Gasteiger partial charge is 0.756 e. The number of aliphatic hydroxyl groups excluding tert-OH is 1.